The summed E-state index contributed by atoms with van der Waals surface area (Å²) in [5.74, 6) is 0.797. The van der Waals surface area contributed by atoms with Gasteiger partial charge in [0.2, 0.25) is 0 Å². The lowest BCUT2D eigenvalue weighted by molar-refractivity contribution is 0.0501. The lowest BCUT2D eigenvalue weighted by Crippen LogP contribution is -2.44. The molecular formula is C14H28N2O2. The Morgan fingerprint density at radius 1 is 1.33 bits per heavy atom. The minimum absolute atomic E-state index is 0.290. The molecule has 1 fully saturated rings. The summed E-state index contributed by atoms with van der Waals surface area (Å²) in [7, 11) is 0. The third kappa shape index (κ3) is 6.84. The van der Waals surface area contributed by atoms with Crippen molar-refractivity contribution in [3.05, 3.63) is 0 Å². The van der Waals surface area contributed by atoms with Crippen molar-refractivity contribution >= 4 is 6.09 Å². The van der Waals surface area contributed by atoms with E-state index in [2.05, 4.69) is 5.32 Å². The second-order valence-electron chi connectivity index (χ2n) is 6.33. The number of ether oxygens (including phenoxy) is 1. The summed E-state index contributed by atoms with van der Waals surface area (Å²) in [6.45, 7) is 5.54. The predicted molar refractivity (Wildman–Crippen MR) is 73.2 cm³/mol. The van der Waals surface area contributed by atoms with Gasteiger partial charge in [0.1, 0.15) is 5.60 Å². The first-order chi connectivity index (χ1) is 8.37. The van der Waals surface area contributed by atoms with Crippen LogP contribution in [0, 0.1) is 5.92 Å². The molecule has 0 spiro atoms. The molecule has 1 unspecified atom stereocenters. The Balaban J connectivity index is 2.16. The lowest BCUT2D eigenvalue weighted by atomic mass is 9.86. The lowest BCUT2D eigenvalue weighted by Gasteiger charge is -2.24. The average molecular weight is 256 g/mol. The van der Waals surface area contributed by atoms with Crippen LogP contribution in [0.15, 0.2) is 0 Å². The molecule has 0 aromatic rings. The zero-order chi connectivity index (χ0) is 13.6. The minimum Gasteiger partial charge on any atom is -0.444 e. The van der Waals surface area contributed by atoms with Crippen LogP contribution in [0.3, 0.4) is 0 Å². The van der Waals surface area contributed by atoms with Crippen molar-refractivity contribution in [2.75, 3.05) is 0 Å². The maximum Gasteiger partial charge on any atom is 0.408 e. The number of hydrogen-bond acceptors (Lipinski definition) is 3. The normalized spacial score (nSPS) is 19.3. The molecule has 0 aromatic heterocycles. The number of nitrogens with one attached hydrogen (secondary N) is 1. The summed E-state index contributed by atoms with van der Waals surface area (Å²) < 4.78 is 5.17. The van der Waals surface area contributed by atoms with Gasteiger partial charge < -0.3 is 15.8 Å². The highest BCUT2D eigenvalue weighted by Crippen LogP contribution is 2.27. The summed E-state index contributed by atoms with van der Waals surface area (Å²) in [5.41, 5.74) is 5.43. The zero-order valence-electron chi connectivity index (χ0n) is 12.0. The fourth-order valence-electron chi connectivity index (χ4n) is 2.42. The molecule has 1 saturated carbocycles. The molecule has 1 atom stereocenters. The standard InChI is InChI=1S/C14H28N2O2/c1-14(2,3)18-13(17)16-12(15)10-9-11-7-5-4-6-8-11/h11-12H,4-10,15H2,1-3H3,(H,16,17). The van der Waals surface area contributed by atoms with E-state index in [0.29, 0.717) is 0 Å². The summed E-state index contributed by atoms with van der Waals surface area (Å²) in [6.07, 6.45) is 7.94. The molecule has 0 saturated heterocycles. The summed E-state index contributed by atoms with van der Waals surface area (Å²) in [4.78, 5) is 11.5. The van der Waals surface area contributed by atoms with Crippen molar-refractivity contribution in [1.29, 1.82) is 0 Å². The van der Waals surface area contributed by atoms with Gasteiger partial charge >= 0.3 is 6.09 Å². The summed E-state index contributed by atoms with van der Waals surface area (Å²) in [5, 5.41) is 2.69. The second-order valence-corrected chi connectivity index (χ2v) is 6.33. The number of rotatable bonds is 4. The monoisotopic (exact) mass is 256 g/mol. The van der Waals surface area contributed by atoms with Crippen molar-refractivity contribution in [2.24, 2.45) is 11.7 Å². The maximum atomic E-state index is 11.5. The highest BCUT2D eigenvalue weighted by atomic mass is 16.6. The number of carbonyl (C=O) groups excluding carboxylic acids is 1. The third-order valence-electron chi connectivity index (χ3n) is 3.31. The first-order valence-electron chi connectivity index (χ1n) is 7.12. The molecule has 0 heterocycles. The van der Waals surface area contributed by atoms with Crippen molar-refractivity contribution in [2.45, 2.75) is 77.5 Å². The van der Waals surface area contributed by atoms with E-state index in [0.717, 1.165) is 18.8 Å². The second kappa shape index (κ2) is 6.98. The number of alkyl carbamates (subject to hydrolysis) is 1. The Morgan fingerprint density at radius 3 is 2.50 bits per heavy atom. The van der Waals surface area contributed by atoms with Crippen molar-refractivity contribution < 1.29 is 9.53 Å². The van der Waals surface area contributed by atoms with E-state index in [-0.39, 0.29) is 6.17 Å². The van der Waals surface area contributed by atoms with Crippen molar-refractivity contribution in [3.63, 3.8) is 0 Å². The van der Waals surface area contributed by atoms with Crippen LogP contribution in [-0.4, -0.2) is 17.9 Å². The molecule has 4 heteroatoms. The van der Waals surface area contributed by atoms with Gasteiger partial charge in [-0.15, -0.1) is 0 Å². The molecule has 0 radical (unpaired) electrons. The van der Waals surface area contributed by atoms with Gasteiger partial charge in [0.15, 0.2) is 0 Å². The number of carbonyl (C=O) groups is 1. The highest BCUT2D eigenvalue weighted by Gasteiger charge is 2.19. The molecule has 1 aliphatic carbocycles. The van der Waals surface area contributed by atoms with E-state index < -0.39 is 11.7 Å². The van der Waals surface area contributed by atoms with Gasteiger partial charge in [0.25, 0.3) is 0 Å². The fraction of sp³-hybridized carbons (Fsp3) is 0.929. The third-order valence-corrected chi connectivity index (χ3v) is 3.31. The molecule has 1 aliphatic rings. The van der Waals surface area contributed by atoms with Crippen LogP contribution in [-0.2, 0) is 4.74 Å². The van der Waals surface area contributed by atoms with Crippen molar-refractivity contribution in [1.82, 2.24) is 5.32 Å². The maximum absolute atomic E-state index is 11.5. The summed E-state index contributed by atoms with van der Waals surface area (Å²) in [6, 6.07) is 0. The molecule has 0 bridgehead atoms. The quantitative estimate of drug-likeness (QED) is 0.759. The molecule has 0 aromatic carbocycles. The first-order valence-corrected chi connectivity index (χ1v) is 7.12. The first kappa shape index (κ1) is 15.3. The number of amides is 1. The Labute approximate surface area is 111 Å². The minimum atomic E-state index is -0.465. The van der Waals surface area contributed by atoms with Gasteiger partial charge in [0.05, 0.1) is 6.17 Å². The molecule has 3 N–H and O–H groups in total. The van der Waals surface area contributed by atoms with Gasteiger partial charge in [-0.3, -0.25) is 0 Å². The fourth-order valence-corrected chi connectivity index (χ4v) is 2.42. The summed E-state index contributed by atoms with van der Waals surface area (Å²) >= 11 is 0. The van der Waals surface area contributed by atoms with Gasteiger partial charge in [-0.1, -0.05) is 32.1 Å². The highest BCUT2D eigenvalue weighted by molar-refractivity contribution is 5.67. The van der Waals surface area contributed by atoms with Crippen LogP contribution < -0.4 is 11.1 Å². The van der Waals surface area contributed by atoms with E-state index in [1.54, 1.807) is 0 Å². The molecule has 0 aliphatic heterocycles. The molecule has 18 heavy (non-hydrogen) atoms. The van der Waals surface area contributed by atoms with Gasteiger partial charge in [-0.2, -0.15) is 0 Å². The Bertz CT molecular complexity index is 255. The van der Waals surface area contributed by atoms with Crippen LogP contribution in [0.1, 0.15) is 65.7 Å². The van der Waals surface area contributed by atoms with Crippen LogP contribution in [0.5, 0.6) is 0 Å². The molecule has 4 nitrogen and oxygen atoms in total. The molecular weight excluding hydrogens is 228 g/mol. The van der Waals surface area contributed by atoms with E-state index in [9.17, 15) is 4.79 Å². The largest absolute Gasteiger partial charge is 0.444 e. The van der Waals surface area contributed by atoms with Crippen LogP contribution >= 0.6 is 0 Å². The van der Waals surface area contributed by atoms with E-state index in [4.69, 9.17) is 10.5 Å². The topological polar surface area (TPSA) is 64.3 Å². The predicted octanol–water partition coefficient (Wildman–Crippen LogP) is 3.16. The van der Waals surface area contributed by atoms with Crippen molar-refractivity contribution in [3.8, 4) is 0 Å². The van der Waals surface area contributed by atoms with Gasteiger partial charge in [-0.25, -0.2) is 4.79 Å². The van der Waals surface area contributed by atoms with Crippen LogP contribution in [0.25, 0.3) is 0 Å². The van der Waals surface area contributed by atoms with Crippen LogP contribution in [0.4, 0.5) is 4.79 Å². The van der Waals surface area contributed by atoms with Crippen LogP contribution in [0.2, 0.25) is 0 Å². The van der Waals surface area contributed by atoms with E-state index in [1.807, 2.05) is 20.8 Å². The van der Waals surface area contributed by atoms with Gasteiger partial charge in [0, 0.05) is 0 Å². The van der Waals surface area contributed by atoms with E-state index >= 15 is 0 Å². The van der Waals surface area contributed by atoms with Gasteiger partial charge in [-0.05, 0) is 39.5 Å². The average Bonchev–Trinajstić information content (AvgIpc) is 2.25. The molecule has 1 amide bonds. The van der Waals surface area contributed by atoms with E-state index in [1.165, 1.54) is 32.1 Å². The number of nitrogens with two attached hydrogens (primary N) is 1. The zero-order valence-corrected chi connectivity index (χ0v) is 12.0. The SMILES string of the molecule is CC(C)(C)OC(=O)NC(N)CCC1CCCCC1. The Hall–Kier alpha value is -0.770. The Morgan fingerprint density at radius 2 is 1.94 bits per heavy atom. The molecule has 106 valence electrons. The smallest absolute Gasteiger partial charge is 0.408 e. The molecule has 1 rings (SSSR count). The Kier molecular flexibility index (Phi) is 5.93. The number of hydrogen-bond donors (Lipinski definition) is 2.